The maximum atomic E-state index is 12.9. The van der Waals surface area contributed by atoms with E-state index in [2.05, 4.69) is 22.1 Å². The van der Waals surface area contributed by atoms with E-state index in [-0.39, 0.29) is 11.7 Å². The zero-order valence-electron chi connectivity index (χ0n) is 19.8. The van der Waals surface area contributed by atoms with Crippen LogP contribution in [0.15, 0.2) is 42.1 Å². The van der Waals surface area contributed by atoms with Gasteiger partial charge in [0.05, 0.1) is 25.5 Å². The Bertz CT molecular complexity index is 1230. The van der Waals surface area contributed by atoms with Gasteiger partial charge < -0.3 is 14.8 Å². The number of hydrogen-bond donors (Lipinski definition) is 1. The molecule has 8 nitrogen and oxygen atoms in total. The highest BCUT2D eigenvalue weighted by Crippen LogP contribution is 2.38. The highest BCUT2D eigenvalue weighted by Gasteiger charge is 2.26. The molecule has 4 rings (SSSR count). The SMILES string of the molecule is C=CCn1c(SCC(=O)Nc2sc3c(c2C(=O)OC)CCCCC3)nnc1-c1cccc(OC)c1. The highest BCUT2D eigenvalue weighted by molar-refractivity contribution is 7.99. The third-order valence-electron chi connectivity index (χ3n) is 5.75. The van der Waals surface area contributed by atoms with E-state index in [1.54, 1.807) is 13.2 Å². The first-order valence-corrected chi connectivity index (χ1v) is 13.2. The summed E-state index contributed by atoms with van der Waals surface area (Å²) in [6.45, 7) is 4.33. The molecule has 35 heavy (non-hydrogen) atoms. The van der Waals surface area contributed by atoms with E-state index < -0.39 is 5.97 Å². The van der Waals surface area contributed by atoms with E-state index in [0.717, 1.165) is 49.0 Å². The summed E-state index contributed by atoms with van der Waals surface area (Å²) >= 11 is 2.77. The third-order valence-corrected chi connectivity index (χ3v) is 7.93. The number of esters is 1. The number of carbonyl (C=O) groups is 2. The lowest BCUT2D eigenvalue weighted by Gasteiger charge is -2.09. The predicted molar refractivity (Wildman–Crippen MR) is 138 cm³/mol. The number of benzene rings is 1. The van der Waals surface area contributed by atoms with Crippen molar-refractivity contribution in [3.05, 3.63) is 52.9 Å². The molecule has 0 aliphatic heterocycles. The number of thiophene rings is 1. The van der Waals surface area contributed by atoms with Gasteiger partial charge in [0.15, 0.2) is 11.0 Å². The van der Waals surface area contributed by atoms with Crippen molar-refractivity contribution in [2.24, 2.45) is 0 Å². The topological polar surface area (TPSA) is 95.3 Å². The quantitative estimate of drug-likeness (QED) is 0.187. The lowest BCUT2D eigenvalue weighted by Crippen LogP contribution is -2.16. The number of hydrogen-bond acceptors (Lipinski definition) is 8. The van der Waals surface area contributed by atoms with Crippen molar-refractivity contribution in [3.63, 3.8) is 0 Å². The summed E-state index contributed by atoms with van der Waals surface area (Å²) in [4.78, 5) is 26.6. The number of carbonyl (C=O) groups excluding carboxylic acids is 2. The van der Waals surface area contributed by atoms with Gasteiger partial charge in [0, 0.05) is 17.0 Å². The zero-order valence-corrected chi connectivity index (χ0v) is 21.5. The van der Waals surface area contributed by atoms with Crippen LogP contribution in [0.25, 0.3) is 11.4 Å². The summed E-state index contributed by atoms with van der Waals surface area (Å²) in [7, 11) is 2.99. The Morgan fingerprint density at radius 2 is 2.06 bits per heavy atom. The minimum atomic E-state index is -0.402. The maximum absolute atomic E-state index is 12.9. The number of aryl methyl sites for hydroxylation is 1. The number of rotatable bonds is 9. The molecule has 1 aromatic carbocycles. The first-order chi connectivity index (χ1) is 17.0. The normalized spacial score (nSPS) is 13.0. The molecule has 1 amide bonds. The van der Waals surface area contributed by atoms with Crippen LogP contribution in [0.5, 0.6) is 5.75 Å². The monoisotopic (exact) mass is 512 g/mol. The van der Waals surface area contributed by atoms with Crippen LogP contribution in [-0.4, -0.2) is 46.6 Å². The molecule has 184 valence electrons. The van der Waals surface area contributed by atoms with Crippen LogP contribution in [0.2, 0.25) is 0 Å². The number of allylic oxidation sites excluding steroid dienone is 1. The standard InChI is InChI=1S/C25H28N4O4S2/c1-4-13-29-22(16-9-8-10-17(14-16)32-2)27-28-25(29)34-15-20(30)26-23-21(24(31)33-3)18-11-6-5-7-12-19(18)35-23/h4,8-10,14H,1,5-7,11-13,15H2,2-3H3,(H,26,30). The molecular weight excluding hydrogens is 484 g/mol. The van der Waals surface area contributed by atoms with Gasteiger partial charge in [-0.05, 0) is 43.4 Å². The number of aromatic nitrogens is 3. The summed E-state index contributed by atoms with van der Waals surface area (Å²) in [5.74, 6) is 0.895. The fraction of sp³-hybridized carbons (Fsp3) is 0.360. The molecule has 0 bridgehead atoms. The number of methoxy groups -OCH3 is 2. The van der Waals surface area contributed by atoms with Gasteiger partial charge in [-0.15, -0.1) is 28.1 Å². The zero-order chi connectivity index (χ0) is 24.8. The van der Waals surface area contributed by atoms with E-state index in [9.17, 15) is 9.59 Å². The Balaban J connectivity index is 1.51. The molecule has 1 N–H and O–H groups in total. The second-order valence-electron chi connectivity index (χ2n) is 8.03. The molecule has 0 saturated heterocycles. The van der Waals surface area contributed by atoms with Crippen molar-refractivity contribution in [2.75, 3.05) is 25.3 Å². The second-order valence-corrected chi connectivity index (χ2v) is 10.1. The molecule has 1 aliphatic rings. The molecular formula is C25H28N4O4S2. The summed E-state index contributed by atoms with van der Waals surface area (Å²) in [6, 6.07) is 7.58. The fourth-order valence-electron chi connectivity index (χ4n) is 4.11. The molecule has 0 saturated carbocycles. The van der Waals surface area contributed by atoms with Crippen molar-refractivity contribution in [2.45, 2.75) is 43.8 Å². The van der Waals surface area contributed by atoms with Crippen LogP contribution >= 0.6 is 23.1 Å². The molecule has 0 spiro atoms. The lowest BCUT2D eigenvalue weighted by molar-refractivity contribution is -0.113. The van der Waals surface area contributed by atoms with E-state index in [0.29, 0.717) is 28.1 Å². The fourth-order valence-corrected chi connectivity index (χ4v) is 6.15. The molecule has 0 fully saturated rings. The van der Waals surface area contributed by atoms with Crippen molar-refractivity contribution >= 4 is 40.0 Å². The Kier molecular flexibility index (Phi) is 8.25. The minimum absolute atomic E-state index is 0.122. The molecule has 2 heterocycles. The Morgan fingerprint density at radius 3 is 2.83 bits per heavy atom. The van der Waals surface area contributed by atoms with Crippen molar-refractivity contribution in [1.29, 1.82) is 0 Å². The minimum Gasteiger partial charge on any atom is -0.497 e. The number of nitrogens with one attached hydrogen (secondary N) is 1. The summed E-state index contributed by atoms with van der Waals surface area (Å²) < 4.78 is 12.3. The van der Waals surface area contributed by atoms with Gasteiger partial charge in [0.2, 0.25) is 5.91 Å². The van der Waals surface area contributed by atoms with Crippen molar-refractivity contribution in [3.8, 4) is 17.1 Å². The van der Waals surface area contributed by atoms with Crippen molar-refractivity contribution < 1.29 is 19.1 Å². The maximum Gasteiger partial charge on any atom is 0.341 e. The number of thioether (sulfide) groups is 1. The van der Waals surface area contributed by atoms with Gasteiger partial charge in [-0.25, -0.2) is 4.79 Å². The van der Waals surface area contributed by atoms with Crippen LogP contribution in [-0.2, 0) is 28.9 Å². The van der Waals surface area contributed by atoms with Gasteiger partial charge >= 0.3 is 5.97 Å². The van der Waals surface area contributed by atoms with Gasteiger partial charge in [-0.1, -0.05) is 36.4 Å². The predicted octanol–water partition coefficient (Wildman–Crippen LogP) is 4.99. The molecule has 0 atom stereocenters. The van der Waals surface area contributed by atoms with Gasteiger partial charge in [0.1, 0.15) is 10.8 Å². The first kappa shape index (κ1) is 25.0. The Labute approximate surface area is 212 Å². The van der Waals surface area contributed by atoms with Gasteiger partial charge in [-0.3, -0.25) is 9.36 Å². The average molecular weight is 513 g/mol. The Morgan fingerprint density at radius 1 is 1.23 bits per heavy atom. The number of ether oxygens (including phenoxy) is 2. The number of fused-ring (bicyclic) bond motifs is 1. The smallest absolute Gasteiger partial charge is 0.341 e. The molecule has 10 heteroatoms. The third kappa shape index (κ3) is 5.59. The molecule has 3 aromatic rings. The number of nitrogens with zero attached hydrogens (tertiary/aromatic N) is 3. The molecule has 0 radical (unpaired) electrons. The lowest BCUT2D eigenvalue weighted by atomic mass is 10.1. The molecule has 1 aliphatic carbocycles. The van der Waals surface area contributed by atoms with E-state index >= 15 is 0 Å². The van der Waals surface area contributed by atoms with Crippen LogP contribution < -0.4 is 10.1 Å². The summed E-state index contributed by atoms with van der Waals surface area (Å²) in [5, 5.41) is 12.8. The largest absolute Gasteiger partial charge is 0.497 e. The second kappa shape index (κ2) is 11.5. The van der Waals surface area contributed by atoms with Crippen LogP contribution in [0, 0.1) is 0 Å². The van der Waals surface area contributed by atoms with E-state index in [4.69, 9.17) is 9.47 Å². The number of anilines is 1. The van der Waals surface area contributed by atoms with Gasteiger partial charge in [0.25, 0.3) is 0 Å². The van der Waals surface area contributed by atoms with E-state index in [1.807, 2.05) is 28.8 Å². The Hall–Kier alpha value is -3.11. The highest BCUT2D eigenvalue weighted by atomic mass is 32.2. The average Bonchev–Trinajstić information content (AvgIpc) is 3.34. The number of amides is 1. The van der Waals surface area contributed by atoms with Crippen molar-refractivity contribution in [1.82, 2.24) is 14.8 Å². The van der Waals surface area contributed by atoms with Crippen LogP contribution in [0.4, 0.5) is 5.00 Å². The first-order valence-electron chi connectivity index (χ1n) is 11.4. The van der Waals surface area contributed by atoms with Gasteiger partial charge in [-0.2, -0.15) is 0 Å². The molecule has 0 unspecified atom stereocenters. The van der Waals surface area contributed by atoms with Crippen LogP contribution in [0.3, 0.4) is 0 Å². The summed E-state index contributed by atoms with van der Waals surface area (Å²) in [5.41, 5.74) is 2.39. The van der Waals surface area contributed by atoms with E-state index in [1.165, 1.54) is 35.1 Å². The van der Waals surface area contributed by atoms with Crippen LogP contribution in [0.1, 0.15) is 40.1 Å². The molecule has 2 aromatic heterocycles. The summed E-state index contributed by atoms with van der Waals surface area (Å²) in [6.07, 6.45) is 6.78.